The van der Waals surface area contributed by atoms with Crippen LogP contribution < -0.4 is 0 Å². The Hall–Kier alpha value is -1.04. The summed E-state index contributed by atoms with van der Waals surface area (Å²) >= 11 is 0. The zero-order chi connectivity index (χ0) is 11.7. The van der Waals surface area contributed by atoms with Crippen molar-refractivity contribution >= 4 is 5.97 Å². The third kappa shape index (κ3) is 0.841. The quantitative estimate of drug-likeness (QED) is 0.634. The van der Waals surface area contributed by atoms with Crippen LogP contribution in [0.5, 0.6) is 0 Å². The first-order valence-electron chi connectivity index (χ1n) is 6.12. The molecule has 6 atom stereocenters. The van der Waals surface area contributed by atoms with Gasteiger partial charge in [0.25, 0.3) is 0 Å². The van der Waals surface area contributed by atoms with Crippen molar-refractivity contribution < 1.29 is 9.53 Å². The molecule has 0 radical (unpaired) electrons. The molecule has 3 heteroatoms. The molecule has 0 spiro atoms. The summed E-state index contributed by atoms with van der Waals surface area (Å²) in [5, 5.41) is 9.28. The average Bonchev–Trinajstić information content (AvgIpc) is 2.80. The monoisotopic (exact) mass is 219 g/mol. The van der Waals surface area contributed by atoms with Crippen molar-refractivity contribution in [2.24, 2.45) is 35.0 Å². The van der Waals surface area contributed by atoms with E-state index >= 15 is 0 Å². The molecule has 3 nitrogen and oxygen atoms in total. The summed E-state index contributed by atoms with van der Waals surface area (Å²) in [7, 11) is 0. The summed E-state index contributed by atoms with van der Waals surface area (Å²) in [6.07, 6.45) is 1.08. The molecule has 1 saturated heterocycles. The van der Waals surface area contributed by atoms with Crippen LogP contribution >= 0.6 is 0 Å². The molecule has 1 heterocycles. The predicted octanol–water partition coefficient (Wildman–Crippen LogP) is 1.98. The van der Waals surface area contributed by atoms with E-state index in [0.717, 1.165) is 6.42 Å². The topological polar surface area (TPSA) is 50.1 Å². The Kier molecular flexibility index (Phi) is 1.77. The molecular formula is C13H17NO2. The molecule has 0 aromatic carbocycles. The second kappa shape index (κ2) is 2.80. The normalized spacial score (nSPS) is 53.2. The zero-order valence-corrected chi connectivity index (χ0v) is 9.93. The Morgan fingerprint density at radius 2 is 2.25 bits per heavy atom. The number of carbonyl (C=O) groups excluding carboxylic acids is 1. The van der Waals surface area contributed by atoms with Crippen LogP contribution in [-0.2, 0) is 9.53 Å². The number of rotatable bonds is 1. The van der Waals surface area contributed by atoms with Crippen LogP contribution in [0.15, 0.2) is 0 Å². The van der Waals surface area contributed by atoms with Crippen molar-refractivity contribution in [2.45, 2.75) is 33.3 Å². The maximum atomic E-state index is 11.8. The highest BCUT2D eigenvalue weighted by Crippen LogP contribution is 2.67. The maximum absolute atomic E-state index is 11.8. The lowest BCUT2D eigenvalue weighted by atomic mass is 9.61. The minimum absolute atomic E-state index is 0.00766. The molecular weight excluding hydrogens is 202 g/mol. The van der Waals surface area contributed by atoms with Crippen molar-refractivity contribution in [3.8, 4) is 6.07 Å². The minimum Gasteiger partial charge on any atom is -0.461 e. The molecule has 3 rings (SSSR count). The summed E-state index contributed by atoms with van der Waals surface area (Å²) in [6, 6.07) is 2.36. The number of ether oxygens (including phenoxy) is 1. The van der Waals surface area contributed by atoms with Gasteiger partial charge in [-0.05, 0) is 18.3 Å². The van der Waals surface area contributed by atoms with Gasteiger partial charge in [0.15, 0.2) is 0 Å². The smallest absolute Gasteiger partial charge is 0.311 e. The highest BCUT2D eigenvalue weighted by atomic mass is 16.6. The van der Waals surface area contributed by atoms with Crippen LogP contribution in [0.25, 0.3) is 0 Å². The van der Waals surface area contributed by atoms with E-state index in [9.17, 15) is 10.1 Å². The molecule has 16 heavy (non-hydrogen) atoms. The Morgan fingerprint density at radius 1 is 1.56 bits per heavy atom. The second-order valence-electron chi connectivity index (χ2n) is 6.06. The lowest BCUT2D eigenvalue weighted by molar-refractivity contribution is -0.147. The Bertz CT molecular complexity index is 397. The van der Waals surface area contributed by atoms with Gasteiger partial charge in [-0.1, -0.05) is 20.8 Å². The van der Waals surface area contributed by atoms with Gasteiger partial charge in [0.2, 0.25) is 0 Å². The van der Waals surface area contributed by atoms with Gasteiger partial charge in [-0.2, -0.15) is 5.26 Å². The molecule has 6 unspecified atom stereocenters. The largest absolute Gasteiger partial charge is 0.461 e. The molecule has 0 aromatic heterocycles. The molecule has 1 aliphatic heterocycles. The molecule has 2 bridgehead atoms. The van der Waals surface area contributed by atoms with E-state index in [1.165, 1.54) is 0 Å². The first kappa shape index (κ1) is 10.1. The van der Waals surface area contributed by atoms with Gasteiger partial charge in [0, 0.05) is 11.3 Å². The fourth-order valence-corrected chi connectivity index (χ4v) is 4.39. The van der Waals surface area contributed by atoms with E-state index in [2.05, 4.69) is 26.8 Å². The van der Waals surface area contributed by atoms with Crippen molar-refractivity contribution in [2.75, 3.05) is 0 Å². The first-order chi connectivity index (χ1) is 7.51. The number of hydrogen-bond donors (Lipinski definition) is 0. The van der Waals surface area contributed by atoms with Crippen molar-refractivity contribution in [1.82, 2.24) is 0 Å². The fourth-order valence-electron chi connectivity index (χ4n) is 4.39. The van der Waals surface area contributed by atoms with Gasteiger partial charge in [-0.3, -0.25) is 4.79 Å². The van der Waals surface area contributed by atoms with E-state index in [1.54, 1.807) is 0 Å². The van der Waals surface area contributed by atoms with E-state index in [1.807, 2.05) is 0 Å². The van der Waals surface area contributed by atoms with E-state index < -0.39 is 0 Å². The van der Waals surface area contributed by atoms with Crippen molar-refractivity contribution in [1.29, 1.82) is 5.26 Å². The van der Waals surface area contributed by atoms with Crippen LogP contribution in [0.1, 0.15) is 27.2 Å². The van der Waals surface area contributed by atoms with Crippen LogP contribution in [0.2, 0.25) is 0 Å². The molecule has 2 aliphatic carbocycles. The Labute approximate surface area is 95.8 Å². The summed E-state index contributed by atoms with van der Waals surface area (Å²) in [4.78, 5) is 11.8. The second-order valence-corrected chi connectivity index (χ2v) is 6.06. The number of fused-ring (bicyclic) bond motifs is 1. The number of nitriles is 1. The maximum Gasteiger partial charge on any atom is 0.311 e. The number of nitrogens with zero attached hydrogens (tertiary/aromatic N) is 1. The van der Waals surface area contributed by atoms with Gasteiger partial charge in [-0.15, -0.1) is 0 Å². The van der Waals surface area contributed by atoms with Gasteiger partial charge >= 0.3 is 5.97 Å². The third-order valence-electron chi connectivity index (χ3n) is 5.52. The lowest BCUT2D eigenvalue weighted by Gasteiger charge is -2.42. The molecule has 3 fully saturated rings. The van der Waals surface area contributed by atoms with Crippen molar-refractivity contribution in [3.05, 3.63) is 0 Å². The van der Waals surface area contributed by atoms with Crippen LogP contribution in [-0.4, -0.2) is 12.1 Å². The molecule has 0 N–H and O–H groups in total. The molecule has 3 aliphatic rings. The molecule has 86 valence electrons. The summed E-state index contributed by atoms with van der Waals surface area (Å²) in [5.74, 6) is 0.776. The van der Waals surface area contributed by atoms with E-state index in [4.69, 9.17) is 4.74 Å². The first-order valence-corrected chi connectivity index (χ1v) is 6.12. The van der Waals surface area contributed by atoms with Crippen LogP contribution in [0.4, 0.5) is 0 Å². The van der Waals surface area contributed by atoms with Gasteiger partial charge in [-0.25, -0.2) is 0 Å². The number of esters is 1. The van der Waals surface area contributed by atoms with E-state index in [0.29, 0.717) is 17.8 Å². The molecule has 0 aromatic rings. The highest BCUT2D eigenvalue weighted by molar-refractivity contribution is 5.78. The summed E-state index contributed by atoms with van der Waals surface area (Å²) in [5.41, 5.74) is 0.00766. The third-order valence-corrected chi connectivity index (χ3v) is 5.52. The summed E-state index contributed by atoms with van der Waals surface area (Å²) in [6.45, 7) is 6.55. The van der Waals surface area contributed by atoms with Crippen LogP contribution in [0, 0.1) is 46.3 Å². The molecule has 2 saturated carbocycles. The highest BCUT2D eigenvalue weighted by Gasteiger charge is 2.71. The fraction of sp³-hybridized carbons (Fsp3) is 0.846. The Morgan fingerprint density at radius 3 is 2.81 bits per heavy atom. The van der Waals surface area contributed by atoms with Gasteiger partial charge in [0.05, 0.1) is 17.9 Å². The van der Waals surface area contributed by atoms with Crippen LogP contribution in [0.3, 0.4) is 0 Å². The predicted molar refractivity (Wildman–Crippen MR) is 57.0 cm³/mol. The number of hydrogen-bond acceptors (Lipinski definition) is 3. The summed E-state index contributed by atoms with van der Waals surface area (Å²) < 4.78 is 5.56. The Balaban J connectivity index is 2.10. The van der Waals surface area contributed by atoms with Gasteiger partial charge in [0.1, 0.15) is 6.10 Å². The van der Waals surface area contributed by atoms with Gasteiger partial charge < -0.3 is 4.74 Å². The average molecular weight is 219 g/mol. The lowest BCUT2D eigenvalue weighted by Crippen LogP contribution is -2.44. The van der Waals surface area contributed by atoms with Crippen molar-refractivity contribution in [3.63, 3.8) is 0 Å². The SMILES string of the molecule is CC(C)C1(C)C2CC3C(C(=O)OC31)C2C#N. The van der Waals surface area contributed by atoms with E-state index in [-0.39, 0.29) is 29.3 Å². The minimum atomic E-state index is -0.119. The molecule has 0 amide bonds. The number of carbonyl (C=O) groups is 1. The zero-order valence-electron chi connectivity index (χ0n) is 9.93. The standard InChI is InChI=1S/C13H17NO2/c1-6(2)13(3)9-4-7-10(8(9)5-14)12(15)16-11(7)13/h6-11H,4H2,1-3H3.